The van der Waals surface area contributed by atoms with Crippen LogP contribution in [0.5, 0.6) is 5.75 Å². The van der Waals surface area contributed by atoms with E-state index in [9.17, 15) is 4.79 Å². The smallest absolute Gasteiger partial charge is 0.200 e. The number of para-hydroxylation sites is 1. The lowest BCUT2D eigenvalue weighted by Gasteiger charge is -2.08. The van der Waals surface area contributed by atoms with Gasteiger partial charge in [-0.05, 0) is 36.9 Å². The second-order valence-corrected chi connectivity index (χ2v) is 5.09. The minimum absolute atomic E-state index is 0.00379. The van der Waals surface area contributed by atoms with Gasteiger partial charge in [-0.25, -0.2) is 0 Å². The summed E-state index contributed by atoms with van der Waals surface area (Å²) < 4.78 is 5.55. The van der Waals surface area contributed by atoms with Crippen LogP contribution in [0.25, 0.3) is 0 Å². The van der Waals surface area contributed by atoms with Crippen molar-refractivity contribution < 1.29 is 9.53 Å². The number of carbonyl (C=O) groups excluding carboxylic acids is 1. The number of ether oxygens (including phenoxy) is 1. The highest BCUT2D eigenvalue weighted by molar-refractivity contribution is 7.98. The van der Waals surface area contributed by atoms with Crippen molar-refractivity contribution in [1.29, 1.82) is 0 Å². The van der Waals surface area contributed by atoms with E-state index < -0.39 is 0 Å². The zero-order valence-corrected chi connectivity index (χ0v) is 11.9. The van der Waals surface area contributed by atoms with Crippen molar-refractivity contribution in [2.24, 2.45) is 0 Å². The van der Waals surface area contributed by atoms with Crippen LogP contribution >= 0.6 is 11.8 Å². The Morgan fingerprint density at radius 3 is 2.42 bits per heavy atom. The van der Waals surface area contributed by atoms with Crippen molar-refractivity contribution in [3.05, 3.63) is 59.7 Å². The molecule has 0 aliphatic heterocycles. The summed E-state index contributed by atoms with van der Waals surface area (Å²) in [5, 5.41) is 0. The number of Topliss-reactive ketones (excluding diaryl/α,β-unsaturated/α-hetero) is 1. The van der Waals surface area contributed by atoms with E-state index in [2.05, 4.69) is 0 Å². The number of benzene rings is 2. The van der Waals surface area contributed by atoms with Crippen LogP contribution in [0.4, 0.5) is 0 Å². The third-order valence-electron chi connectivity index (χ3n) is 2.86. The average Bonchev–Trinajstić information content (AvgIpc) is 2.46. The SMILES string of the molecule is CSc1ccc(C(=O)COc2ccccc2C)cc1. The number of aryl methyl sites for hydroxylation is 1. The molecule has 0 fully saturated rings. The lowest BCUT2D eigenvalue weighted by molar-refractivity contribution is 0.0921. The monoisotopic (exact) mass is 272 g/mol. The molecule has 0 amide bonds. The fourth-order valence-electron chi connectivity index (χ4n) is 1.72. The number of thioether (sulfide) groups is 1. The maximum atomic E-state index is 12.0. The van der Waals surface area contributed by atoms with Crippen molar-refractivity contribution in [3.8, 4) is 5.75 Å². The molecule has 0 unspecified atom stereocenters. The van der Waals surface area contributed by atoms with Crippen molar-refractivity contribution in [3.63, 3.8) is 0 Å². The molecule has 0 spiro atoms. The number of ketones is 1. The molecule has 0 aromatic heterocycles. The van der Waals surface area contributed by atoms with Crippen LogP contribution in [0.15, 0.2) is 53.4 Å². The number of rotatable bonds is 5. The molecule has 0 N–H and O–H groups in total. The zero-order chi connectivity index (χ0) is 13.7. The molecule has 0 bridgehead atoms. The van der Waals surface area contributed by atoms with Gasteiger partial charge in [-0.3, -0.25) is 4.79 Å². The Bertz CT molecular complexity index is 561. The summed E-state index contributed by atoms with van der Waals surface area (Å²) in [5.74, 6) is 0.757. The molecule has 2 nitrogen and oxygen atoms in total. The first-order valence-electron chi connectivity index (χ1n) is 6.06. The lowest BCUT2D eigenvalue weighted by Crippen LogP contribution is -2.11. The quantitative estimate of drug-likeness (QED) is 0.608. The van der Waals surface area contributed by atoms with E-state index in [0.717, 1.165) is 16.2 Å². The van der Waals surface area contributed by atoms with Crippen LogP contribution in [0.2, 0.25) is 0 Å². The first-order chi connectivity index (χ1) is 9.20. The average molecular weight is 272 g/mol. The Labute approximate surface area is 117 Å². The van der Waals surface area contributed by atoms with Gasteiger partial charge in [-0.15, -0.1) is 11.8 Å². The van der Waals surface area contributed by atoms with Gasteiger partial charge in [-0.2, -0.15) is 0 Å². The summed E-state index contributed by atoms with van der Waals surface area (Å²) in [6.45, 7) is 2.04. The van der Waals surface area contributed by atoms with Gasteiger partial charge in [0.15, 0.2) is 12.4 Å². The first kappa shape index (κ1) is 13.7. The Morgan fingerprint density at radius 1 is 1.11 bits per heavy atom. The predicted octanol–water partition coefficient (Wildman–Crippen LogP) is 3.98. The maximum Gasteiger partial charge on any atom is 0.200 e. The Balaban J connectivity index is 1.99. The van der Waals surface area contributed by atoms with Crippen molar-refractivity contribution in [2.75, 3.05) is 12.9 Å². The third-order valence-corrected chi connectivity index (χ3v) is 3.61. The van der Waals surface area contributed by atoms with Gasteiger partial charge in [0.05, 0.1) is 0 Å². The van der Waals surface area contributed by atoms with E-state index in [-0.39, 0.29) is 12.4 Å². The van der Waals surface area contributed by atoms with Crippen LogP contribution in [-0.2, 0) is 0 Å². The molecule has 0 aliphatic rings. The Hall–Kier alpha value is -1.74. The van der Waals surface area contributed by atoms with E-state index in [1.54, 1.807) is 11.8 Å². The normalized spacial score (nSPS) is 10.2. The van der Waals surface area contributed by atoms with E-state index >= 15 is 0 Å². The minimum Gasteiger partial charge on any atom is -0.485 e. The van der Waals surface area contributed by atoms with E-state index in [1.807, 2.05) is 61.7 Å². The van der Waals surface area contributed by atoms with E-state index in [4.69, 9.17) is 4.74 Å². The fourth-order valence-corrected chi connectivity index (χ4v) is 2.13. The molecule has 0 heterocycles. The molecule has 0 aliphatic carbocycles. The molecule has 2 aromatic carbocycles. The third kappa shape index (κ3) is 3.61. The Morgan fingerprint density at radius 2 is 1.79 bits per heavy atom. The molecule has 0 atom stereocenters. The summed E-state index contributed by atoms with van der Waals surface area (Å²) in [5.41, 5.74) is 1.72. The van der Waals surface area contributed by atoms with Crippen molar-refractivity contribution in [1.82, 2.24) is 0 Å². The Kier molecular flexibility index (Phi) is 4.63. The molecule has 3 heteroatoms. The molecular weight excluding hydrogens is 256 g/mol. The van der Waals surface area contributed by atoms with Crippen LogP contribution in [0, 0.1) is 6.92 Å². The molecular formula is C16H16O2S. The van der Waals surface area contributed by atoms with Gasteiger partial charge < -0.3 is 4.74 Å². The second kappa shape index (κ2) is 6.43. The second-order valence-electron chi connectivity index (χ2n) is 4.21. The minimum atomic E-state index is -0.00379. The largest absolute Gasteiger partial charge is 0.485 e. The van der Waals surface area contributed by atoms with Gasteiger partial charge >= 0.3 is 0 Å². The molecule has 0 saturated carbocycles. The topological polar surface area (TPSA) is 26.3 Å². The number of carbonyl (C=O) groups is 1. The zero-order valence-electron chi connectivity index (χ0n) is 11.1. The summed E-state index contributed by atoms with van der Waals surface area (Å²) in [6, 6.07) is 15.3. The number of hydrogen-bond donors (Lipinski definition) is 0. The lowest BCUT2D eigenvalue weighted by atomic mass is 10.1. The van der Waals surface area contributed by atoms with Crippen molar-refractivity contribution in [2.45, 2.75) is 11.8 Å². The standard InChI is InChI=1S/C16H16O2S/c1-12-5-3-4-6-16(12)18-11-15(17)13-7-9-14(19-2)10-8-13/h3-10H,11H2,1-2H3. The van der Waals surface area contributed by atoms with Gasteiger partial charge in [0.2, 0.25) is 0 Å². The summed E-state index contributed by atoms with van der Waals surface area (Å²) in [7, 11) is 0. The molecule has 0 saturated heterocycles. The highest BCUT2D eigenvalue weighted by Crippen LogP contribution is 2.18. The molecule has 2 aromatic rings. The van der Waals surface area contributed by atoms with Gasteiger partial charge in [0.25, 0.3) is 0 Å². The molecule has 19 heavy (non-hydrogen) atoms. The van der Waals surface area contributed by atoms with Crippen molar-refractivity contribution >= 4 is 17.5 Å². The fraction of sp³-hybridized carbons (Fsp3) is 0.188. The van der Waals surface area contributed by atoms with Gasteiger partial charge in [0.1, 0.15) is 5.75 Å². The van der Waals surface area contributed by atoms with Crippen LogP contribution < -0.4 is 4.74 Å². The van der Waals surface area contributed by atoms with Crippen LogP contribution in [-0.4, -0.2) is 18.6 Å². The summed E-state index contributed by atoms with van der Waals surface area (Å²) in [6.07, 6.45) is 2.01. The van der Waals surface area contributed by atoms with Crippen LogP contribution in [0.1, 0.15) is 15.9 Å². The molecule has 98 valence electrons. The summed E-state index contributed by atoms with van der Waals surface area (Å²) >= 11 is 1.66. The van der Waals surface area contributed by atoms with E-state index in [1.165, 1.54) is 0 Å². The summed E-state index contributed by atoms with van der Waals surface area (Å²) in [4.78, 5) is 13.1. The van der Waals surface area contributed by atoms with E-state index in [0.29, 0.717) is 5.56 Å². The highest BCUT2D eigenvalue weighted by atomic mass is 32.2. The van der Waals surface area contributed by atoms with Gasteiger partial charge in [0, 0.05) is 10.5 Å². The van der Waals surface area contributed by atoms with Crippen LogP contribution in [0.3, 0.4) is 0 Å². The van der Waals surface area contributed by atoms with Gasteiger partial charge in [-0.1, -0.05) is 30.3 Å². The highest BCUT2D eigenvalue weighted by Gasteiger charge is 2.07. The molecule has 2 rings (SSSR count). The maximum absolute atomic E-state index is 12.0. The number of hydrogen-bond acceptors (Lipinski definition) is 3. The predicted molar refractivity (Wildman–Crippen MR) is 79.2 cm³/mol. The first-order valence-corrected chi connectivity index (χ1v) is 7.29. The molecule has 0 radical (unpaired) electrons.